The van der Waals surface area contributed by atoms with Crippen molar-refractivity contribution in [3.8, 4) is 0 Å². The molecule has 0 fully saturated rings. The van der Waals surface area contributed by atoms with E-state index in [1.165, 1.54) is 0 Å². The van der Waals surface area contributed by atoms with E-state index in [0.717, 1.165) is 0 Å². The maximum atomic E-state index is 9.32. The monoisotopic (exact) mass is 121 g/mol. The third kappa shape index (κ3) is 9.01. The third-order valence-electron chi connectivity index (χ3n) is 0.105. The largest absolute Gasteiger partial charge is 0.304 e. The van der Waals surface area contributed by atoms with Gasteiger partial charge in [0.05, 0.1) is 5.16 Å². The minimum atomic E-state index is -1.05. The lowest BCUT2D eigenvalue weighted by Gasteiger charge is -1.45. The van der Waals surface area contributed by atoms with Crippen LogP contribution in [-0.4, -0.2) is 5.16 Å². The minimum Gasteiger partial charge on any atom is -0.304 e. The first-order valence-electron chi connectivity index (χ1n) is 0.922. The summed E-state index contributed by atoms with van der Waals surface area (Å²) in [5.41, 5.74) is 0. The van der Waals surface area contributed by atoms with Crippen LogP contribution in [0, 0.1) is 0 Å². The Morgan fingerprint density at radius 3 is 2.33 bits per heavy atom. The molecule has 0 aliphatic rings. The van der Waals surface area contributed by atoms with Gasteiger partial charge >= 0.3 is 0 Å². The molecule has 0 aliphatic carbocycles. The molecule has 3 nitrogen and oxygen atoms in total. The van der Waals surface area contributed by atoms with Gasteiger partial charge in [-0.2, -0.15) is 4.76 Å². The van der Waals surface area contributed by atoms with Crippen molar-refractivity contribution in [1.82, 2.24) is 6.15 Å². The van der Waals surface area contributed by atoms with E-state index in [1.54, 1.807) is 0 Å². The van der Waals surface area contributed by atoms with Crippen molar-refractivity contribution in [2.24, 2.45) is 4.76 Å². The smallest absolute Gasteiger partial charge is 0.177 e. The fraction of sp³-hybridized carbons (Fsp3) is 0. The fourth-order valence-electron chi connectivity index (χ4n) is 0.0215. The van der Waals surface area contributed by atoms with Crippen LogP contribution in [0.15, 0.2) is 4.76 Å². The van der Waals surface area contributed by atoms with Crippen LogP contribution in [0.4, 0.5) is 0 Å². The number of thiocarbonyl (C=S) groups is 1. The van der Waals surface area contributed by atoms with Gasteiger partial charge in [-0.25, -0.2) is 0 Å². The quantitative estimate of drug-likeness (QED) is 0.284. The zero-order valence-corrected chi connectivity index (χ0v) is 4.76. The van der Waals surface area contributed by atoms with E-state index < -0.39 is 8.61 Å². The van der Waals surface area contributed by atoms with E-state index in [0.29, 0.717) is 0 Å². The van der Waals surface area contributed by atoms with E-state index >= 15 is 0 Å². The van der Waals surface area contributed by atoms with Gasteiger partial charge in [-0.05, 0) is 12.2 Å². The molecule has 1 unspecified atom stereocenters. The first-order chi connectivity index (χ1) is 2.41. The summed E-state index contributed by atoms with van der Waals surface area (Å²) in [6.45, 7) is 0. The molecule has 0 aromatic carbocycles. The second kappa shape index (κ2) is 8.89. The lowest BCUT2D eigenvalue weighted by molar-refractivity contribution is 0.599. The Morgan fingerprint density at radius 1 is 1.83 bits per heavy atom. The van der Waals surface area contributed by atoms with Crippen LogP contribution < -0.4 is 6.15 Å². The van der Waals surface area contributed by atoms with Crippen LogP contribution in [-0.2, 0) is 4.57 Å². The second-order valence-corrected chi connectivity index (χ2v) is 0.977. The summed E-state index contributed by atoms with van der Waals surface area (Å²) in [7, 11) is -1.05. The van der Waals surface area contributed by atoms with Crippen LogP contribution in [0.1, 0.15) is 0 Å². The Morgan fingerprint density at radius 2 is 2.33 bits per heavy atom. The van der Waals surface area contributed by atoms with Crippen LogP contribution in [0.3, 0.4) is 0 Å². The second-order valence-electron chi connectivity index (χ2n) is 0.326. The van der Waals surface area contributed by atoms with Gasteiger partial charge in [0.25, 0.3) is 0 Å². The maximum Gasteiger partial charge on any atom is 0.177 e. The normalized spacial score (nSPS) is 6.67. The average molecular weight is 121 g/mol. The van der Waals surface area contributed by atoms with Gasteiger partial charge in [-0.3, -0.25) is 0 Å². The molecule has 0 spiro atoms. The van der Waals surface area contributed by atoms with E-state index in [1.807, 2.05) is 5.16 Å². The highest BCUT2D eigenvalue weighted by atomic mass is 32.1. The summed E-state index contributed by atoms with van der Waals surface area (Å²) in [6, 6.07) is 0. The van der Waals surface area contributed by atoms with Gasteiger partial charge in [0, 0.05) is 6.15 Å². The molecule has 0 amide bonds. The zero-order valence-electron chi connectivity index (χ0n) is 2.79. The molecule has 0 rings (SSSR count). The first kappa shape index (κ1) is 9.37. The van der Waals surface area contributed by atoms with Crippen molar-refractivity contribution in [1.29, 1.82) is 0 Å². The molecule has 3 radical (unpaired) electrons. The molecule has 6 heavy (non-hydrogen) atoms. The Kier molecular flexibility index (Phi) is 13.9. The summed E-state index contributed by atoms with van der Waals surface area (Å²) >= 11 is 4.06. The van der Waals surface area contributed by atoms with Crippen LogP contribution >= 0.6 is 20.8 Å². The molecule has 0 saturated heterocycles. The van der Waals surface area contributed by atoms with Gasteiger partial charge in [-0.15, -0.1) is 0 Å². The van der Waals surface area contributed by atoms with Gasteiger partial charge in [0.15, 0.2) is 8.61 Å². The Labute approximate surface area is 42.3 Å². The fourth-order valence-corrected chi connectivity index (χ4v) is 0.194. The van der Waals surface area contributed by atoms with Gasteiger partial charge in [-0.1, -0.05) is 0 Å². The predicted octanol–water partition coefficient (Wildman–Crippen LogP) is 0.280. The summed E-state index contributed by atoms with van der Waals surface area (Å²) in [5, 5.41) is 1.95. The lowest BCUT2D eigenvalue weighted by Crippen LogP contribution is -1.20. The Bertz CT molecular complexity index is 77.6. The zero-order chi connectivity index (χ0) is 4.12. The number of isothiocyanates is 1. The van der Waals surface area contributed by atoms with Crippen molar-refractivity contribution in [3.05, 3.63) is 0 Å². The van der Waals surface area contributed by atoms with Gasteiger partial charge < -0.3 is 4.57 Å². The van der Waals surface area contributed by atoms with Crippen molar-refractivity contribution in [2.45, 2.75) is 0 Å². The molecule has 0 aromatic rings. The van der Waals surface area contributed by atoms with E-state index in [4.69, 9.17) is 0 Å². The van der Waals surface area contributed by atoms with Crippen molar-refractivity contribution >= 4 is 26.0 Å². The molecule has 0 saturated carbocycles. The molecule has 0 N–H and O–H groups in total. The molecule has 1 atom stereocenters. The summed E-state index contributed by atoms with van der Waals surface area (Å²) in [5.74, 6) is 0. The number of nitrogens with zero attached hydrogens (tertiary/aromatic N) is 2. The highest BCUT2D eigenvalue weighted by molar-refractivity contribution is 7.78. The standard InChI is InChI=1S/CH2NOPS.N/c3-4-2-1-5;/h4H2;. The molecule has 0 heterocycles. The summed E-state index contributed by atoms with van der Waals surface area (Å²) < 4.78 is 12.4. The van der Waals surface area contributed by atoms with Crippen LogP contribution in [0.25, 0.3) is 0 Å². The van der Waals surface area contributed by atoms with Crippen LogP contribution in [0.2, 0.25) is 0 Å². The van der Waals surface area contributed by atoms with Crippen LogP contribution in [0.5, 0.6) is 0 Å². The molecule has 0 bridgehead atoms. The molecular formula is CH2N2OPS. The average Bonchev–Trinajstić information content (AvgIpc) is 1.41. The lowest BCUT2D eigenvalue weighted by atomic mass is 11.8. The van der Waals surface area contributed by atoms with E-state index in [9.17, 15) is 4.57 Å². The number of hydrogen-bond donors (Lipinski definition) is 0. The number of rotatable bonds is 1. The summed E-state index contributed by atoms with van der Waals surface area (Å²) in [6.07, 6.45) is 0. The SMILES string of the molecule is O=[PH2]N=C=S.[N]. The summed E-state index contributed by atoms with van der Waals surface area (Å²) in [4.78, 5) is 0. The third-order valence-corrected chi connectivity index (χ3v) is 0.632. The van der Waals surface area contributed by atoms with E-state index in [-0.39, 0.29) is 6.15 Å². The molecule has 33 valence electrons. The maximum absolute atomic E-state index is 9.32. The molecular weight excluding hydrogens is 119 g/mol. The Balaban J connectivity index is 0. The highest BCUT2D eigenvalue weighted by Crippen LogP contribution is 1.85. The Hall–Kier alpha value is -0.0100. The van der Waals surface area contributed by atoms with Crippen molar-refractivity contribution in [2.75, 3.05) is 0 Å². The number of hydrogen-bond acceptors (Lipinski definition) is 2. The molecule has 0 aliphatic heterocycles. The topological polar surface area (TPSA) is 59.9 Å². The predicted molar refractivity (Wildman–Crippen MR) is 27.6 cm³/mol. The van der Waals surface area contributed by atoms with Crippen molar-refractivity contribution in [3.63, 3.8) is 0 Å². The van der Waals surface area contributed by atoms with Gasteiger partial charge in [0.2, 0.25) is 0 Å². The van der Waals surface area contributed by atoms with Crippen molar-refractivity contribution < 1.29 is 4.57 Å². The molecule has 5 heteroatoms. The molecule has 0 aromatic heterocycles. The highest BCUT2D eigenvalue weighted by Gasteiger charge is 1.41. The van der Waals surface area contributed by atoms with Gasteiger partial charge in [0.1, 0.15) is 0 Å². The van der Waals surface area contributed by atoms with E-state index in [2.05, 4.69) is 17.0 Å². The minimum absolute atomic E-state index is 0. The first-order valence-corrected chi connectivity index (χ1v) is 2.32.